The third-order valence-electron chi connectivity index (χ3n) is 5.76. The van der Waals surface area contributed by atoms with Gasteiger partial charge < -0.3 is 21.3 Å². The summed E-state index contributed by atoms with van der Waals surface area (Å²) in [5.74, 6) is -1.62. The van der Waals surface area contributed by atoms with Gasteiger partial charge in [-0.2, -0.15) is 5.10 Å². The van der Waals surface area contributed by atoms with Crippen LogP contribution in [0.4, 0.5) is 25.8 Å². The van der Waals surface area contributed by atoms with Gasteiger partial charge in [0, 0.05) is 62.0 Å². The molecule has 10 heteroatoms. The molecule has 2 heterocycles. The maximum absolute atomic E-state index is 15.5. The molecular weight excluding hydrogens is 440 g/mol. The molecule has 8 nitrogen and oxygen atoms in total. The average molecular weight is 470 g/mol. The Morgan fingerprint density at radius 1 is 1.21 bits per heavy atom. The van der Waals surface area contributed by atoms with Crippen molar-refractivity contribution in [1.29, 1.82) is 0 Å². The summed E-state index contributed by atoms with van der Waals surface area (Å²) in [7, 11) is 1.69. The highest BCUT2D eigenvalue weighted by molar-refractivity contribution is 6.07. The van der Waals surface area contributed by atoms with Crippen molar-refractivity contribution in [2.45, 2.75) is 39.3 Å². The monoisotopic (exact) mass is 469 g/mol. The van der Waals surface area contributed by atoms with Crippen LogP contribution in [0.2, 0.25) is 0 Å². The van der Waals surface area contributed by atoms with Crippen molar-refractivity contribution in [3.05, 3.63) is 47.7 Å². The smallest absolute Gasteiger partial charge is 0.224 e. The maximum atomic E-state index is 15.5. The molecule has 0 bridgehead atoms. The zero-order valence-corrected chi connectivity index (χ0v) is 19.7. The summed E-state index contributed by atoms with van der Waals surface area (Å²) in [5, 5.41) is 10.8. The first-order chi connectivity index (χ1) is 16.1. The Kier molecular flexibility index (Phi) is 6.52. The van der Waals surface area contributed by atoms with E-state index in [4.69, 9.17) is 5.73 Å². The van der Waals surface area contributed by atoms with Crippen molar-refractivity contribution < 1.29 is 13.6 Å². The van der Waals surface area contributed by atoms with E-state index in [-0.39, 0.29) is 52.7 Å². The third-order valence-corrected chi connectivity index (χ3v) is 5.76. The number of aryl methyl sites for hydroxylation is 1. The Bertz CT molecular complexity index is 1260. The molecule has 3 aromatic rings. The molecule has 1 saturated heterocycles. The standard InChI is InChI=1S/C24H29F2N7O/c1-5-21(34)30-20-9-17(33-10-13(2)28-14(3)11-33)8-18(25)22(20)24(27)29-16-6-15-12-32(4)31-23(15)19(26)7-16/h6-9,12-14,28H,5,10-11H2,1-4H3,(H2,27,29)(H,30,34). The molecular formula is C24H29F2N7O. The van der Waals surface area contributed by atoms with E-state index in [2.05, 4.69) is 39.5 Å². The van der Waals surface area contributed by atoms with E-state index in [1.54, 1.807) is 32.3 Å². The third kappa shape index (κ3) is 4.86. The van der Waals surface area contributed by atoms with Crippen LogP contribution in [0, 0.1) is 11.6 Å². The summed E-state index contributed by atoms with van der Waals surface area (Å²) < 4.78 is 31.4. The first-order valence-electron chi connectivity index (χ1n) is 11.3. The number of nitrogens with zero attached hydrogens (tertiary/aromatic N) is 4. The fourth-order valence-electron chi connectivity index (χ4n) is 4.37. The molecule has 34 heavy (non-hydrogen) atoms. The van der Waals surface area contributed by atoms with E-state index in [0.717, 1.165) is 0 Å². The van der Waals surface area contributed by atoms with Gasteiger partial charge in [-0.3, -0.25) is 9.48 Å². The molecule has 0 spiro atoms. The van der Waals surface area contributed by atoms with Crippen LogP contribution in [0.1, 0.15) is 32.8 Å². The molecule has 2 atom stereocenters. The minimum Gasteiger partial charge on any atom is -0.383 e. The predicted octanol–water partition coefficient (Wildman–Crippen LogP) is 3.42. The Morgan fingerprint density at radius 2 is 1.91 bits per heavy atom. The van der Waals surface area contributed by atoms with Crippen LogP contribution in [0.15, 0.2) is 35.5 Å². The average Bonchev–Trinajstić information content (AvgIpc) is 3.13. The number of halogens is 2. The second kappa shape index (κ2) is 9.38. The van der Waals surface area contributed by atoms with Gasteiger partial charge >= 0.3 is 0 Å². The second-order valence-corrected chi connectivity index (χ2v) is 8.79. The van der Waals surface area contributed by atoms with Crippen molar-refractivity contribution >= 4 is 39.7 Å². The van der Waals surface area contributed by atoms with E-state index in [0.29, 0.717) is 24.2 Å². The summed E-state index contributed by atoms with van der Waals surface area (Å²) >= 11 is 0. The highest BCUT2D eigenvalue weighted by atomic mass is 19.1. The van der Waals surface area contributed by atoms with E-state index in [1.165, 1.54) is 16.8 Å². The second-order valence-electron chi connectivity index (χ2n) is 8.79. The molecule has 1 amide bonds. The van der Waals surface area contributed by atoms with Crippen molar-refractivity contribution in [3.8, 4) is 0 Å². The molecule has 1 fully saturated rings. The number of benzene rings is 2. The summed E-state index contributed by atoms with van der Waals surface area (Å²) in [6.45, 7) is 7.22. The van der Waals surface area contributed by atoms with Gasteiger partial charge in [0.2, 0.25) is 5.91 Å². The number of nitrogens with one attached hydrogen (secondary N) is 2. The van der Waals surface area contributed by atoms with Crippen molar-refractivity contribution in [2.24, 2.45) is 17.8 Å². The number of aromatic nitrogens is 2. The van der Waals surface area contributed by atoms with Crippen LogP contribution < -0.4 is 21.3 Å². The Morgan fingerprint density at radius 3 is 2.59 bits per heavy atom. The molecule has 4 N–H and O–H groups in total. The van der Waals surface area contributed by atoms with E-state index in [1.807, 2.05) is 0 Å². The van der Waals surface area contributed by atoms with Crippen LogP contribution in [-0.4, -0.2) is 46.7 Å². The molecule has 1 aliphatic heterocycles. The number of aliphatic imine (C=N–C) groups is 1. The Labute approximate surface area is 196 Å². The number of rotatable bonds is 5. The minimum atomic E-state index is -0.619. The number of anilines is 2. The number of carbonyl (C=O) groups is 1. The van der Waals surface area contributed by atoms with Crippen LogP contribution in [0.5, 0.6) is 0 Å². The number of amides is 1. The predicted molar refractivity (Wildman–Crippen MR) is 131 cm³/mol. The van der Waals surface area contributed by atoms with Crippen LogP contribution in [0.3, 0.4) is 0 Å². The number of fused-ring (bicyclic) bond motifs is 1. The highest BCUT2D eigenvalue weighted by Gasteiger charge is 2.24. The molecule has 0 saturated carbocycles. The lowest BCUT2D eigenvalue weighted by Gasteiger charge is -2.38. The summed E-state index contributed by atoms with van der Waals surface area (Å²) in [5.41, 5.74) is 7.48. The molecule has 2 aromatic carbocycles. The number of amidine groups is 1. The maximum Gasteiger partial charge on any atom is 0.224 e. The lowest BCUT2D eigenvalue weighted by molar-refractivity contribution is -0.115. The number of piperazine rings is 1. The number of hydrogen-bond acceptors (Lipinski definition) is 5. The normalized spacial score (nSPS) is 19.0. The molecule has 1 aromatic heterocycles. The van der Waals surface area contributed by atoms with E-state index in [9.17, 15) is 9.18 Å². The van der Waals surface area contributed by atoms with E-state index >= 15 is 4.39 Å². The van der Waals surface area contributed by atoms with Crippen LogP contribution >= 0.6 is 0 Å². The first kappa shape index (κ1) is 23.6. The van der Waals surface area contributed by atoms with Crippen LogP contribution in [0.25, 0.3) is 10.9 Å². The van der Waals surface area contributed by atoms with Gasteiger partial charge in [0.05, 0.1) is 16.9 Å². The van der Waals surface area contributed by atoms with Crippen molar-refractivity contribution in [3.63, 3.8) is 0 Å². The minimum absolute atomic E-state index is 0.0338. The molecule has 0 radical (unpaired) electrons. The number of carbonyl (C=O) groups excluding carboxylic acids is 1. The van der Waals surface area contributed by atoms with Gasteiger partial charge in [0.25, 0.3) is 0 Å². The Balaban J connectivity index is 1.77. The summed E-state index contributed by atoms with van der Waals surface area (Å²) in [6.07, 6.45) is 1.87. The van der Waals surface area contributed by atoms with Gasteiger partial charge in [0.15, 0.2) is 5.82 Å². The fraction of sp³-hybridized carbons (Fsp3) is 0.375. The SMILES string of the molecule is CCC(=O)Nc1cc(N2CC(C)NC(C)C2)cc(F)c1C(N)=Nc1cc(F)c2nn(C)cc2c1. The summed E-state index contributed by atoms with van der Waals surface area (Å²) in [4.78, 5) is 18.6. The first-order valence-corrected chi connectivity index (χ1v) is 11.3. The van der Waals surface area contributed by atoms with Gasteiger partial charge in [0.1, 0.15) is 17.2 Å². The van der Waals surface area contributed by atoms with Gasteiger partial charge in [-0.25, -0.2) is 13.8 Å². The molecule has 1 aliphatic rings. The highest BCUT2D eigenvalue weighted by Crippen LogP contribution is 2.30. The fourth-order valence-corrected chi connectivity index (χ4v) is 4.37. The molecule has 2 unspecified atom stereocenters. The zero-order chi connectivity index (χ0) is 24.6. The van der Waals surface area contributed by atoms with Gasteiger partial charge in [-0.05, 0) is 32.0 Å². The Hall–Kier alpha value is -3.53. The van der Waals surface area contributed by atoms with E-state index < -0.39 is 11.6 Å². The van der Waals surface area contributed by atoms with Crippen molar-refractivity contribution in [1.82, 2.24) is 15.1 Å². The lowest BCUT2D eigenvalue weighted by Crippen LogP contribution is -2.54. The number of nitrogens with two attached hydrogens (primary N) is 1. The van der Waals surface area contributed by atoms with Gasteiger partial charge in [-0.15, -0.1) is 0 Å². The number of hydrogen-bond donors (Lipinski definition) is 3. The molecule has 0 aliphatic carbocycles. The topological polar surface area (TPSA) is 101 Å². The lowest BCUT2D eigenvalue weighted by atomic mass is 10.1. The molecule has 180 valence electrons. The van der Waals surface area contributed by atoms with Crippen molar-refractivity contribution in [2.75, 3.05) is 23.3 Å². The zero-order valence-electron chi connectivity index (χ0n) is 19.7. The van der Waals surface area contributed by atoms with Crippen LogP contribution in [-0.2, 0) is 11.8 Å². The molecule has 4 rings (SSSR count). The quantitative estimate of drug-likeness (QED) is 0.393. The summed E-state index contributed by atoms with van der Waals surface area (Å²) in [6, 6.07) is 6.38. The largest absolute Gasteiger partial charge is 0.383 e. The van der Waals surface area contributed by atoms with Gasteiger partial charge in [-0.1, -0.05) is 6.92 Å².